The number of carbonyl (C=O) groups excluding carboxylic acids is 1. The van der Waals surface area contributed by atoms with E-state index >= 15 is 0 Å². The zero-order valence-electron chi connectivity index (χ0n) is 9.49. The molecule has 1 aliphatic heterocycles. The summed E-state index contributed by atoms with van der Waals surface area (Å²) in [7, 11) is 3.30. The minimum absolute atomic E-state index is 0.347. The number of hydrogen-bond donors (Lipinski definition) is 1. The average molecular weight is 298 g/mol. The second kappa shape index (κ2) is 4.79. The van der Waals surface area contributed by atoms with Gasteiger partial charge in [-0.3, -0.25) is 0 Å². The summed E-state index contributed by atoms with van der Waals surface area (Å²) in [6.07, 6.45) is -0.379. The normalized spacial score (nSPS) is 19.2. The standard InChI is InChI=1S/C12H12BrNO3/c1-14-10-9(13)11(17-12(10)15)7-3-5-8(16-2)6-4-7/h3-6,11,14H,1-2H3/t11-/m1/s1. The highest BCUT2D eigenvalue weighted by molar-refractivity contribution is 9.11. The van der Waals surface area contributed by atoms with Gasteiger partial charge in [0, 0.05) is 7.05 Å². The van der Waals surface area contributed by atoms with E-state index < -0.39 is 0 Å². The number of rotatable bonds is 3. The Hall–Kier alpha value is -1.49. The first-order valence-corrected chi connectivity index (χ1v) is 5.89. The van der Waals surface area contributed by atoms with Crippen molar-refractivity contribution >= 4 is 21.9 Å². The third kappa shape index (κ3) is 2.15. The Kier molecular flexibility index (Phi) is 3.38. The molecule has 4 nitrogen and oxygen atoms in total. The van der Waals surface area contributed by atoms with Gasteiger partial charge in [0.1, 0.15) is 11.4 Å². The van der Waals surface area contributed by atoms with Crippen molar-refractivity contribution in [1.82, 2.24) is 5.32 Å². The predicted octanol–water partition coefficient (Wildman–Crippen LogP) is 2.12. The predicted molar refractivity (Wildman–Crippen MR) is 66.8 cm³/mol. The molecule has 1 N–H and O–H groups in total. The molecule has 1 aromatic rings. The van der Waals surface area contributed by atoms with Crippen molar-refractivity contribution in [2.24, 2.45) is 0 Å². The van der Waals surface area contributed by atoms with Crippen LogP contribution < -0.4 is 10.1 Å². The maximum Gasteiger partial charge on any atom is 0.356 e. The molecule has 0 aliphatic carbocycles. The molecule has 0 saturated carbocycles. The lowest BCUT2D eigenvalue weighted by Crippen LogP contribution is -2.13. The lowest BCUT2D eigenvalue weighted by Gasteiger charge is -2.11. The summed E-state index contributed by atoms with van der Waals surface area (Å²) in [5.74, 6) is 0.423. The first-order chi connectivity index (χ1) is 8.17. The van der Waals surface area contributed by atoms with Crippen molar-refractivity contribution in [3.05, 3.63) is 40.0 Å². The van der Waals surface area contributed by atoms with E-state index in [1.165, 1.54) is 0 Å². The Morgan fingerprint density at radius 3 is 2.47 bits per heavy atom. The van der Waals surface area contributed by atoms with E-state index in [0.29, 0.717) is 5.70 Å². The first-order valence-electron chi connectivity index (χ1n) is 5.09. The topological polar surface area (TPSA) is 47.6 Å². The van der Waals surface area contributed by atoms with Gasteiger partial charge in [0.05, 0.1) is 11.6 Å². The fraction of sp³-hybridized carbons (Fsp3) is 0.250. The highest BCUT2D eigenvalue weighted by atomic mass is 79.9. The van der Waals surface area contributed by atoms with Crippen LogP contribution in [0.1, 0.15) is 11.7 Å². The van der Waals surface area contributed by atoms with Gasteiger partial charge < -0.3 is 14.8 Å². The smallest absolute Gasteiger partial charge is 0.356 e. The zero-order chi connectivity index (χ0) is 12.4. The van der Waals surface area contributed by atoms with Crippen LogP contribution in [0.25, 0.3) is 0 Å². The number of cyclic esters (lactones) is 1. The number of nitrogens with one attached hydrogen (secondary N) is 1. The number of carbonyl (C=O) groups is 1. The Balaban J connectivity index is 2.29. The Bertz CT molecular complexity index is 467. The maximum atomic E-state index is 11.5. The van der Waals surface area contributed by atoms with Gasteiger partial charge in [-0.1, -0.05) is 12.1 Å². The molecule has 1 aliphatic rings. The molecular weight excluding hydrogens is 286 g/mol. The van der Waals surface area contributed by atoms with E-state index in [4.69, 9.17) is 9.47 Å². The van der Waals surface area contributed by atoms with Gasteiger partial charge in [-0.05, 0) is 33.6 Å². The van der Waals surface area contributed by atoms with E-state index in [-0.39, 0.29) is 12.1 Å². The monoisotopic (exact) mass is 297 g/mol. The molecule has 0 spiro atoms. The minimum atomic E-state index is -0.379. The number of methoxy groups -OCH3 is 1. The van der Waals surface area contributed by atoms with Crippen molar-refractivity contribution in [3.8, 4) is 5.75 Å². The van der Waals surface area contributed by atoms with Gasteiger partial charge in [0.25, 0.3) is 0 Å². The van der Waals surface area contributed by atoms with Crippen LogP contribution in [0.3, 0.4) is 0 Å². The highest BCUT2D eigenvalue weighted by Gasteiger charge is 2.33. The zero-order valence-corrected chi connectivity index (χ0v) is 11.1. The molecule has 1 aromatic carbocycles. The number of esters is 1. The highest BCUT2D eigenvalue weighted by Crippen LogP contribution is 2.38. The molecule has 0 unspecified atom stereocenters. The minimum Gasteiger partial charge on any atom is -0.497 e. The molecule has 17 heavy (non-hydrogen) atoms. The van der Waals surface area contributed by atoms with Crippen LogP contribution in [0, 0.1) is 0 Å². The summed E-state index contributed by atoms with van der Waals surface area (Å²) in [6, 6.07) is 7.41. The quantitative estimate of drug-likeness (QED) is 0.868. The van der Waals surface area contributed by atoms with Gasteiger partial charge in [-0.2, -0.15) is 0 Å². The van der Waals surface area contributed by atoms with Crippen LogP contribution in [0.2, 0.25) is 0 Å². The third-order valence-electron chi connectivity index (χ3n) is 2.57. The van der Waals surface area contributed by atoms with Gasteiger partial charge >= 0.3 is 5.97 Å². The van der Waals surface area contributed by atoms with Crippen LogP contribution in [-0.4, -0.2) is 20.1 Å². The van der Waals surface area contributed by atoms with Crippen molar-refractivity contribution < 1.29 is 14.3 Å². The largest absolute Gasteiger partial charge is 0.497 e. The van der Waals surface area contributed by atoms with E-state index in [1.54, 1.807) is 14.2 Å². The summed E-state index contributed by atoms with van der Waals surface area (Å²) >= 11 is 3.38. The molecule has 90 valence electrons. The van der Waals surface area contributed by atoms with Crippen LogP contribution in [-0.2, 0) is 9.53 Å². The van der Waals surface area contributed by atoms with Crippen molar-refractivity contribution in [2.75, 3.05) is 14.2 Å². The Morgan fingerprint density at radius 1 is 1.35 bits per heavy atom. The Morgan fingerprint density at radius 2 is 2.00 bits per heavy atom. The number of halogens is 1. The first kappa shape index (κ1) is 12.0. The molecule has 0 aromatic heterocycles. The SMILES string of the molecule is CNC1=C(Br)[C@@H](c2ccc(OC)cc2)OC1=O. The Labute approximate surface area is 108 Å². The van der Waals surface area contributed by atoms with Gasteiger partial charge in [-0.25, -0.2) is 4.79 Å². The molecule has 1 heterocycles. The fourth-order valence-electron chi connectivity index (χ4n) is 1.66. The number of ether oxygens (including phenoxy) is 2. The summed E-state index contributed by atoms with van der Waals surface area (Å²) in [5.41, 5.74) is 1.36. The summed E-state index contributed by atoms with van der Waals surface area (Å²) in [5, 5.41) is 2.82. The molecule has 0 fully saturated rings. The third-order valence-corrected chi connectivity index (χ3v) is 3.38. The van der Waals surface area contributed by atoms with Crippen LogP contribution in [0.4, 0.5) is 0 Å². The second-order valence-corrected chi connectivity index (χ2v) is 4.39. The van der Waals surface area contributed by atoms with Crippen molar-refractivity contribution in [2.45, 2.75) is 6.10 Å². The van der Waals surface area contributed by atoms with Gasteiger partial charge in [-0.15, -0.1) is 0 Å². The molecule has 2 rings (SSSR count). The average Bonchev–Trinajstić information content (AvgIpc) is 2.64. The summed E-state index contributed by atoms with van der Waals surface area (Å²) < 4.78 is 11.1. The van der Waals surface area contributed by atoms with Crippen molar-refractivity contribution in [1.29, 1.82) is 0 Å². The van der Waals surface area contributed by atoms with Crippen LogP contribution in [0.5, 0.6) is 5.75 Å². The second-order valence-electron chi connectivity index (χ2n) is 3.53. The van der Waals surface area contributed by atoms with Crippen molar-refractivity contribution in [3.63, 3.8) is 0 Å². The van der Waals surface area contributed by atoms with E-state index in [1.807, 2.05) is 24.3 Å². The van der Waals surface area contributed by atoms with Crippen LogP contribution in [0.15, 0.2) is 34.4 Å². The lowest BCUT2D eigenvalue weighted by atomic mass is 10.1. The number of hydrogen-bond acceptors (Lipinski definition) is 4. The van der Waals surface area contributed by atoms with Gasteiger partial charge in [0.15, 0.2) is 6.10 Å². The molecular formula is C12H12BrNO3. The number of likely N-dealkylation sites (N-methyl/N-ethyl adjacent to an activating group) is 1. The molecule has 1 atom stereocenters. The van der Waals surface area contributed by atoms with Gasteiger partial charge in [0.2, 0.25) is 0 Å². The molecule has 0 bridgehead atoms. The van der Waals surface area contributed by atoms with E-state index in [2.05, 4.69) is 21.2 Å². The summed E-state index contributed by atoms with van der Waals surface area (Å²) in [4.78, 5) is 11.5. The molecule has 0 saturated heterocycles. The van der Waals surface area contributed by atoms with E-state index in [9.17, 15) is 4.79 Å². The molecule has 5 heteroatoms. The van der Waals surface area contributed by atoms with Crippen LogP contribution >= 0.6 is 15.9 Å². The van der Waals surface area contributed by atoms with E-state index in [0.717, 1.165) is 15.8 Å². The fourth-order valence-corrected chi connectivity index (χ4v) is 2.38. The summed E-state index contributed by atoms with van der Waals surface area (Å²) in [6.45, 7) is 0. The lowest BCUT2D eigenvalue weighted by molar-refractivity contribution is -0.140. The number of benzene rings is 1. The molecule has 0 radical (unpaired) electrons. The maximum absolute atomic E-state index is 11.5. The molecule has 0 amide bonds.